The van der Waals surface area contributed by atoms with Crippen molar-refractivity contribution in [2.75, 3.05) is 5.32 Å². The molecule has 29 heavy (non-hydrogen) atoms. The molecule has 2 aromatic rings. The molecular weight excluding hydrogens is 371 g/mol. The molecule has 0 unspecified atom stereocenters. The van der Waals surface area contributed by atoms with Crippen molar-refractivity contribution in [3.05, 3.63) is 66.0 Å². The molecule has 1 saturated carbocycles. The minimum atomic E-state index is -0.565. The summed E-state index contributed by atoms with van der Waals surface area (Å²) in [5.41, 5.74) is 1.49. The molecule has 2 N–H and O–H groups in total. The number of amides is 2. The molecule has 0 bridgehead atoms. The molecule has 1 aliphatic rings. The highest BCUT2D eigenvalue weighted by Gasteiger charge is 2.28. The van der Waals surface area contributed by atoms with Crippen molar-refractivity contribution >= 4 is 17.7 Å². The van der Waals surface area contributed by atoms with Crippen LogP contribution in [0.2, 0.25) is 0 Å². The first-order valence-electron chi connectivity index (χ1n) is 10.1. The zero-order chi connectivity index (χ0) is 20.6. The third-order valence-corrected chi connectivity index (χ3v) is 5.26. The number of rotatable bonds is 6. The Balaban J connectivity index is 1.51. The second kappa shape index (κ2) is 10.0. The van der Waals surface area contributed by atoms with E-state index in [1.807, 2.05) is 37.3 Å². The molecule has 1 fully saturated rings. The molecule has 2 amide bonds. The van der Waals surface area contributed by atoms with Crippen molar-refractivity contribution in [3.63, 3.8) is 0 Å². The number of hydrogen-bond acceptors (Lipinski definition) is 3. The lowest BCUT2D eigenvalue weighted by Crippen LogP contribution is -2.43. The Morgan fingerprint density at radius 3 is 2.52 bits per heavy atom. The standard InChI is InChI=1S/C23H27FN2O3/c1-2-21(16-7-4-3-5-8-16)22(27)25-19-9-6-10-20(15-19)29-23(28)26-18-13-11-17(24)12-14-18/h3-5,7-8,11-14,19-21H,2,6,9-10,15H2,1H3,(H,25,27)(H,26,28)/t19-,20+,21+/m1/s1. The van der Waals surface area contributed by atoms with Crippen LogP contribution < -0.4 is 10.6 Å². The summed E-state index contributed by atoms with van der Waals surface area (Å²) < 4.78 is 18.5. The van der Waals surface area contributed by atoms with E-state index < -0.39 is 6.09 Å². The summed E-state index contributed by atoms with van der Waals surface area (Å²) in [6, 6.07) is 15.3. The van der Waals surface area contributed by atoms with Crippen LogP contribution in [0.25, 0.3) is 0 Å². The monoisotopic (exact) mass is 398 g/mol. The van der Waals surface area contributed by atoms with Crippen molar-refractivity contribution in [1.29, 1.82) is 0 Å². The summed E-state index contributed by atoms with van der Waals surface area (Å²) in [7, 11) is 0. The molecule has 0 spiro atoms. The van der Waals surface area contributed by atoms with Crippen LogP contribution in [0.5, 0.6) is 0 Å². The SMILES string of the molecule is CC[C@H](C(=O)N[C@@H]1CCC[C@H](OC(=O)Nc2ccc(F)cc2)C1)c1ccccc1. The predicted molar refractivity (Wildman–Crippen MR) is 110 cm³/mol. The lowest BCUT2D eigenvalue weighted by Gasteiger charge is -2.30. The molecule has 5 nitrogen and oxygen atoms in total. The molecule has 6 heteroatoms. The molecule has 2 aromatic carbocycles. The van der Waals surface area contributed by atoms with Crippen LogP contribution in [-0.2, 0) is 9.53 Å². The van der Waals surface area contributed by atoms with Gasteiger partial charge in [-0.25, -0.2) is 9.18 Å². The Labute approximate surface area is 170 Å². The number of halogens is 1. The highest BCUT2D eigenvalue weighted by Crippen LogP contribution is 2.24. The van der Waals surface area contributed by atoms with Gasteiger partial charge in [-0.15, -0.1) is 0 Å². The van der Waals surface area contributed by atoms with E-state index >= 15 is 0 Å². The number of ether oxygens (including phenoxy) is 1. The second-order valence-corrected chi connectivity index (χ2v) is 7.40. The molecule has 0 aromatic heterocycles. The van der Waals surface area contributed by atoms with Gasteiger partial charge < -0.3 is 10.1 Å². The number of hydrogen-bond donors (Lipinski definition) is 2. The summed E-state index contributed by atoms with van der Waals surface area (Å²) in [5, 5.41) is 5.74. The van der Waals surface area contributed by atoms with Gasteiger partial charge in [0.25, 0.3) is 0 Å². The lowest BCUT2D eigenvalue weighted by atomic mass is 9.91. The zero-order valence-corrected chi connectivity index (χ0v) is 16.6. The van der Waals surface area contributed by atoms with Crippen molar-refractivity contribution in [1.82, 2.24) is 5.32 Å². The normalized spacial score (nSPS) is 19.8. The number of benzene rings is 2. The summed E-state index contributed by atoms with van der Waals surface area (Å²) >= 11 is 0. The van der Waals surface area contributed by atoms with Crippen molar-refractivity contribution in [2.45, 2.75) is 57.1 Å². The summed E-state index contributed by atoms with van der Waals surface area (Å²) in [4.78, 5) is 24.9. The summed E-state index contributed by atoms with van der Waals surface area (Å²) in [6.45, 7) is 2.00. The molecule has 0 heterocycles. The van der Waals surface area contributed by atoms with E-state index in [0.29, 0.717) is 12.1 Å². The molecule has 1 aliphatic carbocycles. The number of carbonyl (C=O) groups excluding carboxylic acids is 2. The van der Waals surface area contributed by atoms with E-state index in [0.717, 1.165) is 31.2 Å². The first-order chi connectivity index (χ1) is 14.0. The van der Waals surface area contributed by atoms with Gasteiger partial charge in [0.1, 0.15) is 11.9 Å². The fourth-order valence-electron chi connectivity index (χ4n) is 3.77. The minimum Gasteiger partial charge on any atom is -0.446 e. The fraction of sp³-hybridized carbons (Fsp3) is 0.391. The van der Waals surface area contributed by atoms with Gasteiger partial charge in [0.15, 0.2) is 0 Å². The molecule has 3 rings (SSSR count). The minimum absolute atomic E-state index is 0.0140. The average molecular weight is 398 g/mol. The quantitative estimate of drug-likeness (QED) is 0.720. The maximum atomic E-state index is 13.0. The van der Waals surface area contributed by atoms with E-state index in [2.05, 4.69) is 10.6 Å². The maximum Gasteiger partial charge on any atom is 0.411 e. The van der Waals surface area contributed by atoms with E-state index in [9.17, 15) is 14.0 Å². The van der Waals surface area contributed by atoms with Crippen LogP contribution in [0, 0.1) is 5.82 Å². The Bertz CT molecular complexity index is 811. The summed E-state index contributed by atoms with van der Waals surface area (Å²) in [5.74, 6) is -0.532. The predicted octanol–water partition coefficient (Wildman–Crippen LogP) is 5.00. The maximum absolute atomic E-state index is 13.0. The second-order valence-electron chi connectivity index (χ2n) is 7.40. The van der Waals surface area contributed by atoms with Crippen molar-refractivity contribution in [2.24, 2.45) is 0 Å². The highest BCUT2D eigenvalue weighted by molar-refractivity contribution is 5.85. The Morgan fingerprint density at radius 2 is 1.83 bits per heavy atom. The average Bonchev–Trinajstić information content (AvgIpc) is 2.71. The summed E-state index contributed by atoms with van der Waals surface area (Å²) in [6.07, 6.45) is 3.00. The first kappa shape index (κ1) is 20.8. The largest absolute Gasteiger partial charge is 0.446 e. The molecule has 0 saturated heterocycles. The Kier molecular flexibility index (Phi) is 7.22. The van der Waals surface area contributed by atoms with E-state index in [1.54, 1.807) is 0 Å². The van der Waals surface area contributed by atoms with Crippen LogP contribution in [0.1, 0.15) is 50.5 Å². The van der Waals surface area contributed by atoms with Crippen molar-refractivity contribution < 1.29 is 18.7 Å². The van der Waals surface area contributed by atoms with E-state index in [4.69, 9.17) is 4.74 Å². The zero-order valence-electron chi connectivity index (χ0n) is 16.6. The van der Waals surface area contributed by atoms with E-state index in [1.165, 1.54) is 24.3 Å². The molecule has 0 radical (unpaired) electrons. The van der Waals surface area contributed by atoms with Gasteiger partial charge in [-0.05, 0) is 55.5 Å². The number of carbonyl (C=O) groups is 2. The molecular formula is C23H27FN2O3. The van der Waals surface area contributed by atoms with Crippen LogP contribution in [-0.4, -0.2) is 24.1 Å². The lowest BCUT2D eigenvalue weighted by molar-refractivity contribution is -0.123. The van der Waals surface area contributed by atoms with Crippen LogP contribution >= 0.6 is 0 Å². The van der Waals surface area contributed by atoms with E-state index in [-0.39, 0.29) is 29.8 Å². The van der Waals surface area contributed by atoms with Gasteiger partial charge in [0.05, 0.1) is 5.92 Å². The van der Waals surface area contributed by atoms with Crippen molar-refractivity contribution in [3.8, 4) is 0 Å². The number of nitrogens with one attached hydrogen (secondary N) is 2. The van der Waals surface area contributed by atoms with Crippen LogP contribution in [0.15, 0.2) is 54.6 Å². The smallest absolute Gasteiger partial charge is 0.411 e. The molecule has 3 atom stereocenters. The van der Waals surface area contributed by atoms with Gasteiger partial charge in [0, 0.05) is 18.2 Å². The van der Waals surface area contributed by atoms with Gasteiger partial charge in [0.2, 0.25) is 5.91 Å². The fourth-order valence-corrected chi connectivity index (χ4v) is 3.77. The third kappa shape index (κ3) is 6.04. The first-order valence-corrected chi connectivity index (χ1v) is 10.1. The van der Waals surface area contributed by atoms with Gasteiger partial charge in [-0.3, -0.25) is 10.1 Å². The molecule has 154 valence electrons. The Hall–Kier alpha value is -2.89. The van der Waals surface area contributed by atoms with Gasteiger partial charge in [-0.2, -0.15) is 0 Å². The topological polar surface area (TPSA) is 67.4 Å². The highest BCUT2D eigenvalue weighted by atomic mass is 19.1. The third-order valence-electron chi connectivity index (χ3n) is 5.26. The molecule has 0 aliphatic heterocycles. The van der Waals surface area contributed by atoms with Crippen LogP contribution in [0.3, 0.4) is 0 Å². The van der Waals surface area contributed by atoms with Crippen LogP contribution in [0.4, 0.5) is 14.9 Å². The Morgan fingerprint density at radius 1 is 1.10 bits per heavy atom. The van der Waals surface area contributed by atoms with Gasteiger partial charge in [-0.1, -0.05) is 37.3 Å². The number of anilines is 1. The van der Waals surface area contributed by atoms with Gasteiger partial charge >= 0.3 is 6.09 Å².